The van der Waals surface area contributed by atoms with Crippen LogP contribution in [0.3, 0.4) is 0 Å². The molecule has 0 aromatic heterocycles. The van der Waals surface area contributed by atoms with Gasteiger partial charge in [0.25, 0.3) is 7.59 Å². The van der Waals surface area contributed by atoms with E-state index in [2.05, 4.69) is 51.3 Å². The van der Waals surface area contributed by atoms with Gasteiger partial charge < -0.3 is 0 Å². The Bertz CT molecular complexity index is 395. The second kappa shape index (κ2) is 17.8. The van der Waals surface area contributed by atoms with E-state index in [1.165, 1.54) is 57.8 Å². The highest BCUT2D eigenvalue weighted by Crippen LogP contribution is 2.37. The van der Waals surface area contributed by atoms with E-state index in [-0.39, 0.29) is 0 Å². The molecule has 0 saturated heterocycles. The van der Waals surface area contributed by atoms with Gasteiger partial charge in [0.15, 0.2) is 0 Å². The average molecular weight is 432 g/mol. The van der Waals surface area contributed by atoms with Gasteiger partial charge in [-0.1, -0.05) is 99.3 Å². The van der Waals surface area contributed by atoms with Crippen LogP contribution in [0.25, 0.3) is 0 Å². The fourth-order valence-corrected chi connectivity index (χ4v) is 5.21. The third-order valence-corrected chi connectivity index (χ3v) is 7.53. The lowest BCUT2D eigenvalue weighted by Gasteiger charge is -2.29. The topological polar surface area (TPSA) is 58.4 Å². The van der Waals surface area contributed by atoms with E-state index in [9.17, 15) is 4.57 Å². The smallest absolute Gasteiger partial charge is 0.271 e. The van der Waals surface area contributed by atoms with Crippen LogP contribution in [0.15, 0.2) is 0 Å². The van der Waals surface area contributed by atoms with Crippen molar-refractivity contribution in [2.24, 2.45) is 23.3 Å². The summed E-state index contributed by atoms with van der Waals surface area (Å²) in [5.41, 5.74) is 6.32. The minimum atomic E-state index is -2.92. The zero-order chi connectivity index (χ0) is 22.1. The second-order valence-electron chi connectivity index (χ2n) is 10.2. The zero-order valence-corrected chi connectivity index (χ0v) is 21.6. The largest absolute Gasteiger partial charge is 0.279 e. The van der Waals surface area contributed by atoms with Crippen molar-refractivity contribution in [2.45, 2.75) is 119 Å². The molecular formula is C24H54N3OP. The summed E-state index contributed by atoms with van der Waals surface area (Å²) in [6.07, 6.45) is 14.5. The summed E-state index contributed by atoms with van der Waals surface area (Å²) in [4.78, 5) is 0. The van der Waals surface area contributed by atoms with E-state index >= 15 is 0 Å². The summed E-state index contributed by atoms with van der Waals surface area (Å²) in [5, 5.41) is 3.22. The van der Waals surface area contributed by atoms with Crippen molar-refractivity contribution in [3.05, 3.63) is 0 Å². The average Bonchev–Trinajstić information content (AvgIpc) is 2.61. The van der Waals surface area contributed by atoms with E-state index in [1.807, 2.05) is 0 Å². The van der Waals surface area contributed by atoms with Crippen molar-refractivity contribution in [3.63, 3.8) is 0 Å². The predicted molar refractivity (Wildman–Crippen MR) is 131 cm³/mol. The molecule has 4 nitrogen and oxygen atoms in total. The molecule has 0 fully saturated rings. The van der Waals surface area contributed by atoms with Crippen molar-refractivity contribution in [1.29, 1.82) is 0 Å². The zero-order valence-electron chi connectivity index (χ0n) is 20.7. The third-order valence-electron chi connectivity index (χ3n) is 5.61. The van der Waals surface area contributed by atoms with Crippen molar-refractivity contribution < 1.29 is 4.57 Å². The molecule has 0 aromatic carbocycles. The molecule has 0 aliphatic heterocycles. The summed E-state index contributed by atoms with van der Waals surface area (Å²) in [6, 6.07) is 0. The Balaban J connectivity index is 4.35. The molecule has 0 rings (SSSR count). The van der Waals surface area contributed by atoms with Gasteiger partial charge in [0.05, 0.1) is 0 Å². The first-order chi connectivity index (χ1) is 13.6. The van der Waals surface area contributed by atoms with E-state index in [0.29, 0.717) is 0 Å². The molecule has 0 aliphatic rings. The fraction of sp³-hybridized carbons (Fsp3) is 1.00. The Labute approximate surface area is 183 Å². The van der Waals surface area contributed by atoms with Crippen LogP contribution in [0.1, 0.15) is 119 Å². The van der Waals surface area contributed by atoms with E-state index < -0.39 is 7.59 Å². The molecule has 1 atom stereocenters. The van der Waals surface area contributed by atoms with Crippen LogP contribution < -0.4 is 10.6 Å². The summed E-state index contributed by atoms with van der Waals surface area (Å²) >= 11 is 0. The Kier molecular flexibility index (Phi) is 17.8. The first-order valence-corrected chi connectivity index (χ1v) is 14.3. The normalized spacial score (nSPS) is 14.4. The Hall–Kier alpha value is 0.110. The predicted octanol–water partition coefficient (Wildman–Crippen LogP) is 7.59. The number of hydrogen-bond acceptors (Lipinski definition) is 1. The van der Waals surface area contributed by atoms with Gasteiger partial charge in [0.1, 0.15) is 0 Å². The molecule has 0 aromatic rings. The van der Waals surface area contributed by atoms with Crippen LogP contribution in [0.5, 0.6) is 0 Å². The number of nitrogens with one attached hydrogen (secondary N) is 1. The fourth-order valence-electron chi connectivity index (χ4n) is 3.65. The van der Waals surface area contributed by atoms with Gasteiger partial charge in [-0.05, 0) is 37.0 Å². The van der Waals surface area contributed by atoms with Gasteiger partial charge in [-0.3, -0.25) is 10.1 Å². The molecule has 0 saturated carbocycles. The lowest BCUT2D eigenvalue weighted by Crippen LogP contribution is -2.34. The number of nitrogens with two attached hydrogens (primary N) is 1. The maximum atomic E-state index is 13.2. The minimum Gasteiger partial charge on any atom is -0.271 e. The maximum absolute atomic E-state index is 13.2. The molecule has 0 amide bonds. The van der Waals surface area contributed by atoms with Gasteiger partial charge >= 0.3 is 0 Å². The van der Waals surface area contributed by atoms with Gasteiger partial charge in [0, 0.05) is 19.6 Å². The summed E-state index contributed by atoms with van der Waals surface area (Å²) in [6.45, 7) is 16.1. The van der Waals surface area contributed by atoms with Crippen LogP contribution >= 0.6 is 7.59 Å². The van der Waals surface area contributed by atoms with Gasteiger partial charge in [-0.15, -0.1) is 0 Å². The summed E-state index contributed by atoms with van der Waals surface area (Å²) < 4.78 is 15.3. The summed E-state index contributed by atoms with van der Waals surface area (Å²) in [7, 11) is -2.92. The highest BCUT2D eigenvalue weighted by atomic mass is 31.2. The monoisotopic (exact) mass is 431 g/mol. The Morgan fingerprint density at radius 2 is 1.03 bits per heavy atom. The molecule has 1 unspecified atom stereocenters. The lowest BCUT2D eigenvalue weighted by molar-refractivity contribution is 0.370. The van der Waals surface area contributed by atoms with Crippen LogP contribution in [0, 0.1) is 17.8 Å². The quantitative estimate of drug-likeness (QED) is 0.154. The number of rotatable bonds is 20. The number of hydrogen-bond donors (Lipinski definition) is 2. The highest BCUT2D eigenvalue weighted by molar-refractivity contribution is 7.56. The molecule has 0 heterocycles. The van der Waals surface area contributed by atoms with Crippen LogP contribution in [-0.4, -0.2) is 24.3 Å². The van der Waals surface area contributed by atoms with E-state index in [4.69, 9.17) is 5.50 Å². The Morgan fingerprint density at radius 3 is 1.41 bits per heavy atom. The molecule has 5 heteroatoms. The van der Waals surface area contributed by atoms with Crippen LogP contribution in [-0.2, 0) is 4.57 Å². The molecule has 29 heavy (non-hydrogen) atoms. The molecule has 0 aliphatic carbocycles. The SMILES string of the molecule is CC(C)CCCCCNP(N)(=O)N(CCCCCC(C)C)CCCCCC(C)C. The standard InChI is InChI=1S/C24H54N3OP/c1-22(2)16-10-7-13-19-26-29(25,28)27(20-14-8-11-17-23(3)4)21-15-9-12-18-24(5)6/h22-24H,7-21H2,1-6H3,(H3,25,26,28). The Morgan fingerprint density at radius 1 is 0.655 bits per heavy atom. The van der Waals surface area contributed by atoms with Crippen LogP contribution in [0.4, 0.5) is 0 Å². The molecule has 176 valence electrons. The van der Waals surface area contributed by atoms with Crippen molar-refractivity contribution in [3.8, 4) is 0 Å². The van der Waals surface area contributed by atoms with Crippen LogP contribution in [0.2, 0.25) is 0 Å². The third kappa shape index (κ3) is 18.6. The molecule has 0 spiro atoms. The molecule has 0 bridgehead atoms. The maximum Gasteiger partial charge on any atom is 0.279 e. The van der Waals surface area contributed by atoms with Gasteiger partial charge in [0.2, 0.25) is 0 Å². The van der Waals surface area contributed by atoms with Gasteiger partial charge in [-0.2, -0.15) is 0 Å². The second-order valence-corrected chi connectivity index (χ2v) is 12.3. The lowest BCUT2D eigenvalue weighted by atomic mass is 10.1. The highest BCUT2D eigenvalue weighted by Gasteiger charge is 2.24. The summed E-state index contributed by atoms with van der Waals surface area (Å²) in [5.74, 6) is 2.31. The molecule has 0 radical (unpaired) electrons. The first kappa shape index (κ1) is 29.1. The van der Waals surface area contributed by atoms with Gasteiger partial charge in [-0.25, -0.2) is 9.76 Å². The molecular weight excluding hydrogens is 377 g/mol. The minimum absolute atomic E-state index is 0.767. The number of unbranched alkanes of at least 4 members (excludes halogenated alkanes) is 6. The van der Waals surface area contributed by atoms with E-state index in [0.717, 1.165) is 56.7 Å². The van der Waals surface area contributed by atoms with E-state index in [1.54, 1.807) is 0 Å². The van der Waals surface area contributed by atoms with Crippen molar-refractivity contribution >= 4 is 7.59 Å². The number of nitrogens with zero attached hydrogens (tertiary/aromatic N) is 1. The molecule has 3 N–H and O–H groups in total. The van der Waals surface area contributed by atoms with Crippen molar-refractivity contribution in [2.75, 3.05) is 19.6 Å². The first-order valence-electron chi connectivity index (χ1n) is 12.5. The van der Waals surface area contributed by atoms with Crippen molar-refractivity contribution in [1.82, 2.24) is 9.76 Å².